The Kier molecular flexibility index (Phi) is 4.63. The van der Waals surface area contributed by atoms with Crippen LogP contribution in [0.2, 0.25) is 0 Å². The SMILES string of the molecule is CCCn1c(SCC(=O)O)nnc1C1CCCC1. The van der Waals surface area contributed by atoms with Gasteiger partial charge in [0.2, 0.25) is 0 Å². The minimum atomic E-state index is -0.812. The van der Waals surface area contributed by atoms with Gasteiger partial charge in [-0.1, -0.05) is 31.5 Å². The molecule has 1 aromatic heterocycles. The van der Waals surface area contributed by atoms with Crippen LogP contribution in [0.5, 0.6) is 0 Å². The molecule has 1 N–H and O–H groups in total. The molecule has 0 radical (unpaired) electrons. The Bertz CT molecular complexity index is 413. The monoisotopic (exact) mass is 269 g/mol. The predicted octanol–water partition coefficient (Wildman–Crippen LogP) is 2.52. The molecule has 0 atom stereocenters. The molecule has 0 unspecified atom stereocenters. The van der Waals surface area contributed by atoms with Crippen molar-refractivity contribution < 1.29 is 9.90 Å². The highest BCUT2D eigenvalue weighted by Gasteiger charge is 2.24. The number of rotatable bonds is 6. The number of nitrogens with zero attached hydrogens (tertiary/aromatic N) is 3. The highest BCUT2D eigenvalue weighted by molar-refractivity contribution is 7.99. The summed E-state index contributed by atoms with van der Waals surface area (Å²) in [6.45, 7) is 2.99. The van der Waals surface area contributed by atoms with Crippen LogP contribution in [0.25, 0.3) is 0 Å². The van der Waals surface area contributed by atoms with Gasteiger partial charge in [0.1, 0.15) is 5.82 Å². The lowest BCUT2D eigenvalue weighted by Gasteiger charge is -2.12. The van der Waals surface area contributed by atoms with E-state index in [0.717, 1.165) is 23.9 Å². The molecule has 0 aliphatic heterocycles. The molecule has 6 heteroatoms. The van der Waals surface area contributed by atoms with Gasteiger partial charge in [0.05, 0.1) is 5.75 Å². The Morgan fingerprint density at radius 1 is 1.44 bits per heavy atom. The first-order valence-corrected chi connectivity index (χ1v) is 7.48. The van der Waals surface area contributed by atoms with Crippen LogP contribution in [0.3, 0.4) is 0 Å². The summed E-state index contributed by atoms with van der Waals surface area (Å²) in [7, 11) is 0. The van der Waals surface area contributed by atoms with E-state index in [1.165, 1.54) is 37.4 Å². The molecule has 0 saturated heterocycles. The number of carboxylic acids is 1. The van der Waals surface area contributed by atoms with Crippen LogP contribution in [0.1, 0.15) is 50.8 Å². The highest BCUT2D eigenvalue weighted by Crippen LogP contribution is 2.34. The number of aliphatic carboxylic acids is 1. The fourth-order valence-corrected chi connectivity index (χ4v) is 3.14. The Morgan fingerprint density at radius 2 is 2.17 bits per heavy atom. The molecule has 1 fully saturated rings. The van der Waals surface area contributed by atoms with Gasteiger partial charge in [0, 0.05) is 12.5 Å². The summed E-state index contributed by atoms with van der Waals surface area (Å²) in [4.78, 5) is 10.6. The van der Waals surface area contributed by atoms with E-state index in [-0.39, 0.29) is 5.75 Å². The van der Waals surface area contributed by atoms with Crippen LogP contribution in [0.4, 0.5) is 0 Å². The number of hydrogen-bond donors (Lipinski definition) is 1. The Morgan fingerprint density at radius 3 is 2.78 bits per heavy atom. The van der Waals surface area contributed by atoms with Crippen LogP contribution >= 0.6 is 11.8 Å². The quantitative estimate of drug-likeness (QED) is 0.804. The lowest BCUT2D eigenvalue weighted by Crippen LogP contribution is -2.09. The molecule has 1 heterocycles. The van der Waals surface area contributed by atoms with Crippen LogP contribution in [-0.2, 0) is 11.3 Å². The van der Waals surface area contributed by atoms with E-state index in [0.29, 0.717) is 5.92 Å². The van der Waals surface area contributed by atoms with Crippen LogP contribution in [0.15, 0.2) is 5.16 Å². The first kappa shape index (κ1) is 13.4. The van der Waals surface area contributed by atoms with Gasteiger partial charge in [-0.2, -0.15) is 0 Å². The standard InChI is InChI=1S/C12H19N3O2S/c1-2-7-15-11(9-5-3-4-6-9)13-14-12(15)18-8-10(16)17/h9H,2-8H2,1H3,(H,16,17). The molecule has 5 nitrogen and oxygen atoms in total. The summed E-state index contributed by atoms with van der Waals surface area (Å²) < 4.78 is 2.11. The van der Waals surface area contributed by atoms with Crippen molar-refractivity contribution in [3.63, 3.8) is 0 Å². The molecule has 1 aliphatic rings. The molecule has 2 rings (SSSR count). The fraction of sp³-hybridized carbons (Fsp3) is 0.750. The van der Waals surface area contributed by atoms with Gasteiger partial charge in [0.25, 0.3) is 0 Å². The maximum absolute atomic E-state index is 10.6. The zero-order valence-electron chi connectivity index (χ0n) is 10.6. The smallest absolute Gasteiger partial charge is 0.313 e. The lowest BCUT2D eigenvalue weighted by atomic mass is 10.1. The third kappa shape index (κ3) is 3.04. The molecule has 18 heavy (non-hydrogen) atoms. The van der Waals surface area contributed by atoms with Gasteiger partial charge >= 0.3 is 5.97 Å². The summed E-state index contributed by atoms with van der Waals surface area (Å²) in [6, 6.07) is 0. The summed E-state index contributed by atoms with van der Waals surface area (Å²) in [5.41, 5.74) is 0. The van der Waals surface area contributed by atoms with Crippen LogP contribution in [0, 0.1) is 0 Å². The normalized spacial score (nSPS) is 16.3. The van der Waals surface area contributed by atoms with E-state index >= 15 is 0 Å². The Hall–Kier alpha value is -1.04. The van der Waals surface area contributed by atoms with E-state index in [9.17, 15) is 4.79 Å². The molecule has 1 saturated carbocycles. The average molecular weight is 269 g/mol. The predicted molar refractivity (Wildman–Crippen MR) is 69.9 cm³/mol. The van der Waals surface area contributed by atoms with E-state index in [1.807, 2.05) is 0 Å². The van der Waals surface area contributed by atoms with E-state index < -0.39 is 5.97 Å². The van der Waals surface area contributed by atoms with E-state index in [2.05, 4.69) is 21.7 Å². The van der Waals surface area contributed by atoms with Gasteiger partial charge in [0.15, 0.2) is 5.16 Å². The highest BCUT2D eigenvalue weighted by atomic mass is 32.2. The number of aromatic nitrogens is 3. The van der Waals surface area contributed by atoms with Crippen LogP contribution < -0.4 is 0 Å². The molecular formula is C12H19N3O2S. The van der Waals surface area contributed by atoms with Crippen molar-refractivity contribution in [2.24, 2.45) is 0 Å². The van der Waals surface area contributed by atoms with Crippen molar-refractivity contribution in [2.45, 2.75) is 56.6 Å². The van der Waals surface area contributed by atoms with Crippen molar-refractivity contribution in [3.05, 3.63) is 5.82 Å². The van der Waals surface area contributed by atoms with Crippen molar-refractivity contribution in [3.8, 4) is 0 Å². The fourth-order valence-electron chi connectivity index (χ4n) is 2.45. The van der Waals surface area contributed by atoms with E-state index in [1.54, 1.807) is 0 Å². The second-order valence-corrected chi connectivity index (χ2v) is 5.60. The zero-order valence-corrected chi connectivity index (χ0v) is 11.4. The Balaban J connectivity index is 2.16. The first-order valence-electron chi connectivity index (χ1n) is 6.50. The maximum Gasteiger partial charge on any atom is 0.313 e. The molecule has 0 amide bonds. The Labute approximate surface area is 111 Å². The second-order valence-electron chi connectivity index (χ2n) is 4.66. The molecule has 0 bridgehead atoms. The zero-order chi connectivity index (χ0) is 13.0. The molecule has 1 aromatic rings. The van der Waals surface area contributed by atoms with Crippen molar-refractivity contribution >= 4 is 17.7 Å². The number of carbonyl (C=O) groups is 1. The summed E-state index contributed by atoms with van der Waals surface area (Å²) in [5, 5.41) is 17.9. The van der Waals surface area contributed by atoms with Gasteiger partial charge < -0.3 is 9.67 Å². The van der Waals surface area contributed by atoms with Gasteiger partial charge in [-0.15, -0.1) is 10.2 Å². The van der Waals surface area contributed by atoms with Crippen molar-refractivity contribution in [1.29, 1.82) is 0 Å². The molecular weight excluding hydrogens is 250 g/mol. The maximum atomic E-state index is 10.6. The first-order chi connectivity index (χ1) is 8.72. The molecule has 0 aromatic carbocycles. The molecule has 0 spiro atoms. The third-order valence-corrected chi connectivity index (χ3v) is 4.19. The minimum absolute atomic E-state index is 0.0481. The summed E-state index contributed by atoms with van der Waals surface area (Å²) in [6.07, 6.45) is 5.91. The second kappa shape index (κ2) is 6.22. The van der Waals surface area contributed by atoms with Gasteiger partial charge in [-0.05, 0) is 19.3 Å². The summed E-state index contributed by atoms with van der Waals surface area (Å²) >= 11 is 1.26. The molecule has 1 aliphatic carbocycles. The lowest BCUT2D eigenvalue weighted by molar-refractivity contribution is -0.133. The minimum Gasteiger partial charge on any atom is -0.481 e. The van der Waals surface area contributed by atoms with Crippen LogP contribution in [-0.4, -0.2) is 31.6 Å². The average Bonchev–Trinajstić information content (AvgIpc) is 2.95. The summed E-state index contributed by atoms with van der Waals surface area (Å²) in [5.74, 6) is 0.811. The van der Waals surface area contributed by atoms with Crippen molar-refractivity contribution in [1.82, 2.24) is 14.8 Å². The number of hydrogen-bond acceptors (Lipinski definition) is 4. The topological polar surface area (TPSA) is 68.0 Å². The number of thioether (sulfide) groups is 1. The van der Waals surface area contributed by atoms with E-state index in [4.69, 9.17) is 5.11 Å². The molecule has 100 valence electrons. The number of carboxylic acid groups (broad SMARTS) is 1. The van der Waals surface area contributed by atoms with Crippen molar-refractivity contribution in [2.75, 3.05) is 5.75 Å². The largest absolute Gasteiger partial charge is 0.481 e. The van der Waals surface area contributed by atoms with Gasteiger partial charge in [-0.3, -0.25) is 4.79 Å². The van der Waals surface area contributed by atoms with Gasteiger partial charge in [-0.25, -0.2) is 0 Å². The third-order valence-electron chi connectivity index (χ3n) is 3.24.